The quantitative estimate of drug-likeness (QED) is 0.853. The fourth-order valence-corrected chi connectivity index (χ4v) is 2.83. The van der Waals surface area contributed by atoms with Gasteiger partial charge in [0.25, 0.3) is 0 Å². The van der Waals surface area contributed by atoms with E-state index in [4.69, 9.17) is 0 Å². The highest BCUT2D eigenvalue weighted by atomic mass is 16.3. The minimum absolute atomic E-state index is 0.137. The number of para-hydroxylation sites is 2. The zero-order chi connectivity index (χ0) is 12.8. The maximum absolute atomic E-state index is 10.2. The Kier molecular flexibility index (Phi) is 2.55. The third-order valence-corrected chi connectivity index (χ3v) is 3.72. The highest BCUT2D eigenvalue weighted by molar-refractivity contribution is 5.77. The topological polar surface area (TPSA) is 52.1 Å². The predicted octanol–water partition coefficient (Wildman–Crippen LogP) is 2.30. The molecular weight excluding hydrogens is 226 g/mol. The van der Waals surface area contributed by atoms with Crippen molar-refractivity contribution in [1.29, 1.82) is 0 Å². The second-order valence-electron chi connectivity index (χ2n) is 5.58. The molecule has 2 heterocycles. The van der Waals surface area contributed by atoms with Crippen molar-refractivity contribution >= 4 is 17.0 Å². The van der Waals surface area contributed by atoms with E-state index in [9.17, 15) is 5.11 Å². The largest absolute Gasteiger partial charge is 0.388 e. The molecular formula is C14H19N3O. The van der Waals surface area contributed by atoms with E-state index in [1.165, 1.54) is 0 Å². The Hall–Kier alpha value is -1.55. The fraction of sp³-hybridized carbons (Fsp3) is 0.500. The van der Waals surface area contributed by atoms with Crippen LogP contribution in [-0.4, -0.2) is 33.3 Å². The number of fused-ring (bicyclic) bond motifs is 1. The first kappa shape index (κ1) is 11.5. The van der Waals surface area contributed by atoms with Crippen molar-refractivity contribution in [3.63, 3.8) is 0 Å². The molecule has 0 spiro atoms. The molecule has 0 amide bonds. The summed E-state index contributed by atoms with van der Waals surface area (Å²) in [7, 11) is 0. The number of anilines is 1. The number of aromatic amines is 1. The highest BCUT2D eigenvalue weighted by Gasteiger charge is 2.37. The van der Waals surface area contributed by atoms with Crippen molar-refractivity contribution in [3.8, 4) is 0 Å². The summed E-state index contributed by atoms with van der Waals surface area (Å²) in [6.07, 6.45) is 2.12. The zero-order valence-electron chi connectivity index (χ0n) is 10.8. The number of hydrogen-bond acceptors (Lipinski definition) is 3. The number of hydrogen-bond donors (Lipinski definition) is 2. The van der Waals surface area contributed by atoms with E-state index < -0.39 is 5.60 Å². The van der Waals surface area contributed by atoms with Crippen LogP contribution in [-0.2, 0) is 0 Å². The molecule has 2 aromatic rings. The summed E-state index contributed by atoms with van der Waals surface area (Å²) in [6.45, 7) is 4.70. The molecule has 1 fully saturated rings. The first-order valence-corrected chi connectivity index (χ1v) is 6.49. The van der Waals surface area contributed by atoms with E-state index >= 15 is 0 Å². The van der Waals surface area contributed by atoms with Crippen molar-refractivity contribution in [2.45, 2.75) is 38.3 Å². The van der Waals surface area contributed by atoms with Crippen LogP contribution in [0.2, 0.25) is 0 Å². The summed E-state index contributed by atoms with van der Waals surface area (Å²) in [5.41, 5.74) is 1.33. The standard InChI is InChI=1S/C14H19N3O/c1-14(2,18)12-8-5-9-17(12)13-15-10-6-3-4-7-11(10)16-13/h3-4,6-7,12,18H,5,8-9H2,1-2H3,(H,15,16). The Morgan fingerprint density at radius 2 is 2.17 bits per heavy atom. The smallest absolute Gasteiger partial charge is 0.204 e. The van der Waals surface area contributed by atoms with E-state index in [-0.39, 0.29) is 6.04 Å². The third-order valence-electron chi connectivity index (χ3n) is 3.72. The number of rotatable bonds is 2. The van der Waals surface area contributed by atoms with Crippen LogP contribution < -0.4 is 4.90 Å². The van der Waals surface area contributed by atoms with Gasteiger partial charge in [-0.3, -0.25) is 0 Å². The van der Waals surface area contributed by atoms with Gasteiger partial charge in [0.05, 0.1) is 22.7 Å². The summed E-state index contributed by atoms with van der Waals surface area (Å²) >= 11 is 0. The molecule has 4 heteroatoms. The number of aromatic nitrogens is 2. The molecule has 0 saturated carbocycles. The van der Waals surface area contributed by atoms with Crippen molar-refractivity contribution < 1.29 is 5.11 Å². The average Bonchev–Trinajstić information content (AvgIpc) is 2.94. The van der Waals surface area contributed by atoms with Gasteiger partial charge in [-0.1, -0.05) is 12.1 Å². The van der Waals surface area contributed by atoms with Gasteiger partial charge in [-0.2, -0.15) is 0 Å². The Morgan fingerprint density at radius 1 is 1.39 bits per heavy atom. The molecule has 1 aliphatic heterocycles. The molecule has 18 heavy (non-hydrogen) atoms. The monoisotopic (exact) mass is 245 g/mol. The summed E-state index contributed by atoms with van der Waals surface area (Å²) in [4.78, 5) is 10.2. The molecule has 0 bridgehead atoms. The summed E-state index contributed by atoms with van der Waals surface area (Å²) < 4.78 is 0. The summed E-state index contributed by atoms with van der Waals surface area (Å²) in [5.74, 6) is 0.876. The number of H-pyrrole nitrogens is 1. The molecule has 1 aromatic heterocycles. The summed E-state index contributed by atoms with van der Waals surface area (Å²) in [6, 6.07) is 8.16. The molecule has 1 saturated heterocycles. The van der Waals surface area contributed by atoms with Crippen LogP contribution in [0.25, 0.3) is 11.0 Å². The minimum atomic E-state index is -0.699. The number of aliphatic hydroxyl groups is 1. The summed E-state index contributed by atoms with van der Waals surface area (Å²) in [5, 5.41) is 10.2. The van der Waals surface area contributed by atoms with Gasteiger partial charge in [0.1, 0.15) is 0 Å². The number of benzene rings is 1. The lowest BCUT2D eigenvalue weighted by Crippen LogP contribution is -2.46. The second-order valence-corrected chi connectivity index (χ2v) is 5.58. The Balaban J connectivity index is 1.98. The van der Waals surface area contributed by atoms with Gasteiger partial charge in [0.15, 0.2) is 0 Å². The molecule has 1 aromatic carbocycles. The van der Waals surface area contributed by atoms with Crippen molar-refractivity contribution in [1.82, 2.24) is 9.97 Å². The maximum atomic E-state index is 10.2. The Labute approximate surface area is 107 Å². The van der Waals surface area contributed by atoms with Crippen LogP contribution in [0.1, 0.15) is 26.7 Å². The highest BCUT2D eigenvalue weighted by Crippen LogP contribution is 2.31. The van der Waals surface area contributed by atoms with Crippen LogP contribution in [0, 0.1) is 0 Å². The number of imidazole rings is 1. The Bertz CT molecular complexity index is 522. The SMILES string of the molecule is CC(C)(O)C1CCCN1c1nc2ccccc2[nH]1. The number of nitrogens with zero attached hydrogens (tertiary/aromatic N) is 2. The lowest BCUT2D eigenvalue weighted by atomic mass is 9.97. The molecule has 0 radical (unpaired) electrons. The minimum Gasteiger partial charge on any atom is -0.388 e. The second kappa shape index (κ2) is 3.99. The van der Waals surface area contributed by atoms with Gasteiger partial charge in [-0.25, -0.2) is 4.98 Å². The van der Waals surface area contributed by atoms with Gasteiger partial charge in [0.2, 0.25) is 5.95 Å². The molecule has 96 valence electrons. The van der Waals surface area contributed by atoms with Crippen molar-refractivity contribution in [2.24, 2.45) is 0 Å². The van der Waals surface area contributed by atoms with E-state index in [2.05, 4.69) is 14.9 Å². The third kappa shape index (κ3) is 1.86. The fourth-order valence-electron chi connectivity index (χ4n) is 2.83. The molecule has 4 nitrogen and oxygen atoms in total. The molecule has 1 unspecified atom stereocenters. The number of nitrogens with one attached hydrogen (secondary N) is 1. The van der Waals surface area contributed by atoms with Gasteiger partial charge in [0, 0.05) is 6.54 Å². The average molecular weight is 245 g/mol. The van der Waals surface area contributed by atoms with E-state index in [1.807, 2.05) is 38.1 Å². The molecule has 0 aliphatic carbocycles. The van der Waals surface area contributed by atoms with E-state index in [0.29, 0.717) is 0 Å². The molecule has 1 aliphatic rings. The zero-order valence-corrected chi connectivity index (χ0v) is 10.8. The van der Waals surface area contributed by atoms with E-state index in [0.717, 1.165) is 36.4 Å². The molecule has 1 atom stereocenters. The van der Waals surface area contributed by atoms with Crippen molar-refractivity contribution in [3.05, 3.63) is 24.3 Å². The lowest BCUT2D eigenvalue weighted by Gasteiger charge is -2.33. The maximum Gasteiger partial charge on any atom is 0.204 e. The van der Waals surface area contributed by atoms with Crippen LogP contribution in [0.3, 0.4) is 0 Å². The first-order valence-electron chi connectivity index (χ1n) is 6.49. The Morgan fingerprint density at radius 3 is 2.89 bits per heavy atom. The van der Waals surface area contributed by atoms with E-state index in [1.54, 1.807) is 0 Å². The van der Waals surface area contributed by atoms with Crippen LogP contribution >= 0.6 is 0 Å². The molecule has 2 N–H and O–H groups in total. The van der Waals surface area contributed by atoms with Crippen LogP contribution in [0.4, 0.5) is 5.95 Å². The van der Waals surface area contributed by atoms with Gasteiger partial charge in [-0.15, -0.1) is 0 Å². The van der Waals surface area contributed by atoms with Crippen LogP contribution in [0.5, 0.6) is 0 Å². The predicted molar refractivity (Wildman–Crippen MR) is 72.8 cm³/mol. The van der Waals surface area contributed by atoms with Crippen LogP contribution in [0.15, 0.2) is 24.3 Å². The van der Waals surface area contributed by atoms with Gasteiger partial charge in [-0.05, 0) is 38.8 Å². The van der Waals surface area contributed by atoms with Crippen molar-refractivity contribution in [2.75, 3.05) is 11.4 Å². The van der Waals surface area contributed by atoms with Gasteiger partial charge < -0.3 is 15.0 Å². The lowest BCUT2D eigenvalue weighted by molar-refractivity contribution is 0.0531. The van der Waals surface area contributed by atoms with Gasteiger partial charge >= 0.3 is 0 Å². The first-order chi connectivity index (χ1) is 8.55. The molecule has 3 rings (SSSR count). The normalized spacial score (nSPS) is 20.8.